The van der Waals surface area contributed by atoms with Crippen molar-refractivity contribution in [3.63, 3.8) is 0 Å². The van der Waals surface area contributed by atoms with E-state index in [1.165, 1.54) is 11.3 Å². The van der Waals surface area contributed by atoms with Crippen LogP contribution in [0.15, 0.2) is 0 Å². The smallest absolute Gasteiger partial charge is 0.324 e. The minimum Gasteiger partial charge on any atom is -0.332 e. The van der Waals surface area contributed by atoms with Crippen LogP contribution in [0.3, 0.4) is 0 Å². The van der Waals surface area contributed by atoms with Crippen molar-refractivity contribution in [3.05, 3.63) is 0 Å². The molecule has 16 heavy (non-hydrogen) atoms. The summed E-state index contributed by atoms with van der Waals surface area (Å²) in [4.78, 5) is 25.4. The number of carbonyl (C=O) groups excluding carboxylic acids is 2. The van der Waals surface area contributed by atoms with Gasteiger partial charge in [-0.1, -0.05) is 19.3 Å². The molecule has 0 aromatic carbocycles. The topological polar surface area (TPSA) is 49.4 Å². The molecule has 2 fully saturated rings. The molecule has 1 aliphatic carbocycles. The molecule has 4 heteroatoms. The fraction of sp³-hybridized carbons (Fsp3) is 0.833. The van der Waals surface area contributed by atoms with Crippen LogP contribution in [-0.2, 0) is 4.79 Å². The number of hydrogen-bond acceptors (Lipinski definition) is 2. The summed E-state index contributed by atoms with van der Waals surface area (Å²) in [5.74, 6) is -0.0133. The molecular formula is C12H20N2O2. The summed E-state index contributed by atoms with van der Waals surface area (Å²) in [5.41, 5.74) is -0.390. The lowest BCUT2D eigenvalue weighted by Gasteiger charge is -2.41. The zero-order valence-electron chi connectivity index (χ0n) is 10.1. The van der Waals surface area contributed by atoms with E-state index in [-0.39, 0.29) is 23.5 Å². The quantitative estimate of drug-likeness (QED) is 0.741. The Labute approximate surface area is 96.4 Å². The van der Waals surface area contributed by atoms with Gasteiger partial charge in [0.1, 0.15) is 0 Å². The molecule has 90 valence electrons. The minimum absolute atomic E-state index is 0.0133. The number of imide groups is 1. The van der Waals surface area contributed by atoms with Crippen LogP contribution in [0.5, 0.6) is 0 Å². The van der Waals surface area contributed by atoms with Crippen LogP contribution in [0.25, 0.3) is 0 Å². The van der Waals surface area contributed by atoms with Crippen molar-refractivity contribution in [3.8, 4) is 0 Å². The van der Waals surface area contributed by atoms with Crippen molar-refractivity contribution in [1.29, 1.82) is 0 Å². The lowest BCUT2D eigenvalue weighted by molar-refractivity contribution is -0.133. The average Bonchev–Trinajstić information content (AvgIpc) is 2.16. The van der Waals surface area contributed by atoms with Gasteiger partial charge in [-0.15, -0.1) is 0 Å². The summed E-state index contributed by atoms with van der Waals surface area (Å²) in [6.07, 6.45) is 5.84. The first-order valence-electron chi connectivity index (χ1n) is 6.14. The molecule has 1 saturated carbocycles. The number of urea groups is 1. The highest BCUT2D eigenvalue weighted by Gasteiger charge is 2.40. The van der Waals surface area contributed by atoms with Crippen molar-refractivity contribution in [2.24, 2.45) is 0 Å². The van der Waals surface area contributed by atoms with Gasteiger partial charge in [0.15, 0.2) is 0 Å². The summed E-state index contributed by atoms with van der Waals surface area (Å²) in [6.45, 7) is 3.78. The number of amides is 3. The maximum Gasteiger partial charge on any atom is 0.324 e. The van der Waals surface area contributed by atoms with Gasteiger partial charge >= 0.3 is 6.03 Å². The minimum atomic E-state index is -0.390. The Bertz CT molecular complexity index is 286. The normalized spacial score (nSPS) is 26.8. The van der Waals surface area contributed by atoms with E-state index in [1.54, 1.807) is 0 Å². The third-order valence-corrected chi connectivity index (χ3v) is 3.47. The zero-order valence-corrected chi connectivity index (χ0v) is 10.1. The monoisotopic (exact) mass is 224 g/mol. The summed E-state index contributed by atoms with van der Waals surface area (Å²) < 4.78 is 0. The number of nitrogens with one attached hydrogen (secondary N) is 1. The summed E-state index contributed by atoms with van der Waals surface area (Å²) in [5, 5.41) is 2.90. The first kappa shape index (κ1) is 11.4. The maximum atomic E-state index is 12.0. The van der Waals surface area contributed by atoms with Crippen LogP contribution in [0.4, 0.5) is 4.79 Å². The van der Waals surface area contributed by atoms with Gasteiger partial charge in [-0.3, -0.25) is 9.69 Å². The van der Waals surface area contributed by atoms with Crippen molar-refractivity contribution >= 4 is 11.9 Å². The largest absolute Gasteiger partial charge is 0.332 e. The molecule has 0 spiro atoms. The Kier molecular flexibility index (Phi) is 2.91. The molecule has 0 radical (unpaired) electrons. The Balaban J connectivity index is 2.09. The molecule has 2 rings (SSSR count). The fourth-order valence-corrected chi connectivity index (χ4v) is 2.68. The second-order valence-corrected chi connectivity index (χ2v) is 5.55. The van der Waals surface area contributed by atoms with Gasteiger partial charge in [-0.05, 0) is 26.7 Å². The molecule has 1 saturated heterocycles. The molecule has 4 nitrogen and oxygen atoms in total. The van der Waals surface area contributed by atoms with Crippen LogP contribution < -0.4 is 5.32 Å². The Morgan fingerprint density at radius 2 is 1.81 bits per heavy atom. The molecule has 0 bridgehead atoms. The van der Waals surface area contributed by atoms with Crippen molar-refractivity contribution in [2.45, 2.75) is 64.0 Å². The third kappa shape index (κ3) is 2.20. The van der Waals surface area contributed by atoms with Crippen LogP contribution in [0.2, 0.25) is 0 Å². The number of nitrogens with zero attached hydrogens (tertiary/aromatic N) is 1. The Morgan fingerprint density at radius 1 is 1.19 bits per heavy atom. The van der Waals surface area contributed by atoms with Crippen molar-refractivity contribution < 1.29 is 9.59 Å². The molecule has 1 N–H and O–H groups in total. The van der Waals surface area contributed by atoms with Crippen LogP contribution >= 0.6 is 0 Å². The second-order valence-electron chi connectivity index (χ2n) is 5.55. The predicted octanol–water partition coefficient (Wildman–Crippen LogP) is 2.04. The van der Waals surface area contributed by atoms with E-state index in [9.17, 15) is 9.59 Å². The van der Waals surface area contributed by atoms with Crippen molar-refractivity contribution in [1.82, 2.24) is 10.2 Å². The SMILES string of the molecule is CC1(C)CC(=O)N(C2CCCCC2)C(=O)N1. The van der Waals surface area contributed by atoms with Gasteiger partial charge in [-0.25, -0.2) is 4.79 Å². The van der Waals surface area contributed by atoms with Gasteiger partial charge in [0.2, 0.25) is 5.91 Å². The van der Waals surface area contributed by atoms with Gasteiger partial charge in [-0.2, -0.15) is 0 Å². The van der Waals surface area contributed by atoms with E-state index in [2.05, 4.69) is 5.32 Å². The van der Waals surface area contributed by atoms with E-state index < -0.39 is 0 Å². The number of carbonyl (C=O) groups is 2. The van der Waals surface area contributed by atoms with E-state index in [4.69, 9.17) is 0 Å². The van der Waals surface area contributed by atoms with Crippen LogP contribution in [0.1, 0.15) is 52.4 Å². The molecule has 1 heterocycles. The average molecular weight is 224 g/mol. The molecule has 3 amide bonds. The molecular weight excluding hydrogens is 204 g/mol. The van der Waals surface area contributed by atoms with E-state index in [0.717, 1.165) is 25.7 Å². The summed E-state index contributed by atoms with van der Waals surface area (Å²) in [7, 11) is 0. The number of rotatable bonds is 1. The van der Waals surface area contributed by atoms with Gasteiger partial charge in [0, 0.05) is 18.0 Å². The first-order valence-corrected chi connectivity index (χ1v) is 6.14. The van der Waals surface area contributed by atoms with Gasteiger partial charge in [0.25, 0.3) is 0 Å². The lowest BCUT2D eigenvalue weighted by Crippen LogP contribution is -2.62. The maximum absolute atomic E-state index is 12.0. The Morgan fingerprint density at radius 3 is 2.38 bits per heavy atom. The highest BCUT2D eigenvalue weighted by molar-refractivity contribution is 5.98. The molecule has 0 unspecified atom stereocenters. The fourth-order valence-electron chi connectivity index (χ4n) is 2.68. The third-order valence-electron chi connectivity index (χ3n) is 3.47. The lowest BCUT2D eigenvalue weighted by atomic mass is 9.91. The Hall–Kier alpha value is -1.06. The van der Waals surface area contributed by atoms with Gasteiger partial charge < -0.3 is 5.32 Å². The predicted molar refractivity (Wildman–Crippen MR) is 60.9 cm³/mol. The number of hydrogen-bond donors (Lipinski definition) is 1. The van der Waals surface area contributed by atoms with Crippen LogP contribution in [-0.4, -0.2) is 28.4 Å². The molecule has 0 aromatic rings. The highest BCUT2D eigenvalue weighted by Crippen LogP contribution is 2.27. The van der Waals surface area contributed by atoms with Crippen molar-refractivity contribution in [2.75, 3.05) is 0 Å². The molecule has 0 atom stereocenters. The summed E-state index contributed by atoms with van der Waals surface area (Å²) in [6, 6.07) is -0.0644. The molecule has 1 aliphatic heterocycles. The standard InChI is InChI=1S/C12H20N2O2/c1-12(2)8-10(15)14(11(16)13-12)9-6-4-3-5-7-9/h9H,3-8H2,1-2H3,(H,13,16). The van der Waals surface area contributed by atoms with Gasteiger partial charge in [0.05, 0.1) is 0 Å². The zero-order chi connectivity index (χ0) is 11.8. The second kappa shape index (κ2) is 4.07. The van der Waals surface area contributed by atoms with E-state index >= 15 is 0 Å². The summed E-state index contributed by atoms with van der Waals surface area (Å²) >= 11 is 0. The van der Waals surface area contributed by atoms with E-state index in [1.807, 2.05) is 13.8 Å². The molecule has 2 aliphatic rings. The van der Waals surface area contributed by atoms with Crippen LogP contribution in [0, 0.1) is 0 Å². The highest BCUT2D eigenvalue weighted by atomic mass is 16.2. The first-order chi connectivity index (χ1) is 7.49. The molecule has 0 aromatic heterocycles. The van der Waals surface area contributed by atoms with E-state index in [0.29, 0.717) is 6.42 Å².